The Kier molecular flexibility index (Phi) is 2.38. The van der Waals surface area contributed by atoms with Crippen molar-refractivity contribution in [3.8, 4) is 0 Å². The van der Waals surface area contributed by atoms with Crippen LogP contribution in [0.5, 0.6) is 0 Å². The Morgan fingerprint density at radius 2 is 2.29 bits per heavy atom. The van der Waals surface area contributed by atoms with Crippen molar-refractivity contribution >= 4 is 17.6 Å². The SMILES string of the molecule is O=C=Nc1ccccc1C1=NCCN1. The van der Waals surface area contributed by atoms with Crippen LogP contribution in [0.1, 0.15) is 5.56 Å². The Morgan fingerprint density at radius 3 is 3.00 bits per heavy atom. The number of benzene rings is 1. The number of amidine groups is 1. The van der Waals surface area contributed by atoms with Crippen LogP contribution in [0.15, 0.2) is 34.3 Å². The molecule has 0 atom stereocenters. The van der Waals surface area contributed by atoms with Gasteiger partial charge in [-0.3, -0.25) is 4.99 Å². The molecule has 0 saturated heterocycles. The Bertz CT molecular complexity index is 419. The highest BCUT2D eigenvalue weighted by Crippen LogP contribution is 2.18. The quantitative estimate of drug-likeness (QED) is 0.554. The van der Waals surface area contributed by atoms with Crippen molar-refractivity contribution in [2.24, 2.45) is 9.98 Å². The standard InChI is InChI=1S/C10H9N3O/c14-7-13-9-4-2-1-3-8(9)10-11-5-6-12-10/h1-4H,5-6H2,(H,11,12). The molecule has 70 valence electrons. The van der Waals surface area contributed by atoms with Gasteiger partial charge in [-0.2, -0.15) is 4.99 Å². The van der Waals surface area contributed by atoms with Gasteiger partial charge in [-0.1, -0.05) is 12.1 Å². The molecule has 0 amide bonds. The van der Waals surface area contributed by atoms with E-state index < -0.39 is 0 Å². The zero-order valence-corrected chi connectivity index (χ0v) is 7.53. The van der Waals surface area contributed by atoms with E-state index in [1.807, 2.05) is 18.2 Å². The van der Waals surface area contributed by atoms with Crippen molar-refractivity contribution in [1.82, 2.24) is 5.32 Å². The molecule has 4 heteroatoms. The topological polar surface area (TPSA) is 53.8 Å². The third-order valence-electron chi connectivity index (χ3n) is 2.00. The number of hydrogen-bond acceptors (Lipinski definition) is 4. The summed E-state index contributed by atoms with van der Waals surface area (Å²) in [5.41, 5.74) is 1.46. The molecule has 1 heterocycles. The first-order valence-electron chi connectivity index (χ1n) is 4.37. The fraction of sp³-hybridized carbons (Fsp3) is 0.200. The lowest BCUT2D eigenvalue weighted by atomic mass is 10.1. The third-order valence-corrected chi connectivity index (χ3v) is 2.00. The zero-order chi connectivity index (χ0) is 9.80. The number of nitrogens with zero attached hydrogens (tertiary/aromatic N) is 2. The van der Waals surface area contributed by atoms with Crippen molar-refractivity contribution < 1.29 is 4.79 Å². The number of para-hydroxylation sites is 1. The summed E-state index contributed by atoms with van der Waals surface area (Å²) in [6, 6.07) is 7.37. The van der Waals surface area contributed by atoms with Crippen LogP contribution in [0.4, 0.5) is 5.69 Å². The highest BCUT2D eigenvalue weighted by atomic mass is 16.1. The minimum Gasteiger partial charge on any atom is -0.368 e. The maximum Gasteiger partial charge on any atom is 0.240 e. The van der Waals surface area contributed by atoms with E-state index >= 15 is 0 Å². The van der Waals surface area contributed by atoms with Gasteiger partial charge in [0.25, 0.3) is 0 Å². The van der Waals surface area contributed by atoms with Crippen molar-refractivity contribution in [3.63, 3.8) is 0 Å². The monoisotopic (exact) mass is 187 g/mol. The maximum absolute atomic E-state index is 10.2. The molecule has 0 saturated carbocycles. The number of rotatable bonds is 2. The number of carbonyl (C=O) groups excluding carboxylic acids is 1. The predicted octanol–water partition coefficient (Wildman–Crippen LogP) is 1.00. The second kappa shape index (κ2) is 3.85. The molecule has 1 aromatic rings. The van der Waals surface area contributed by atoms with Crippen molar-refractivity contribution in [2.45, 2.75) is 0 Å². The Labute approximate surface area is 81.4 Å². The molecule has 4 nitrogen and oxygen atoms in total. The summed E-state index contributed by atoms with van der Waals surface area (Å²) in [6.07, 6.45) is 1.54. The molecule has 0 unspecified atom stereocenters. The van der Waals surface area contributed by atoms with Gasteiger partial charge in [-0.05, 0) is 12.1 Å². The van der Waals surface area contributed by atoms with Crippen LogP contribution in [0, 0.1) is 0 Å². The second-order valence-electron chi connectivity index (χ2n) is 2.88. The summed E-state index contributed by atoms with van der Waals surface area (Å²) in [4.78, 5) is 18.1. The largest absolute Gasteiger partial charge is 0.368 e. The lowest BCUT2D eigenvalue weighted by Crippen LogP contribution is -2.19. The van der Waals surface area contributed by atoms with Crippen molar-refractivity contribution in [3.05, 3.63) is 29.8 Å². The van der Waals surface area contributed by atoms with E-state index in [1.165, 1.54) is 0 Å². The number of nitrogens with one attached hydrogen (secondary N) is 1. The lowest BCUT2D eigenvalue weighted by Gasteiger charge is -2.03. The second-order valence-corrected chi connectivity index (χ2v) is 2.88. The molecule has 0 radical (unpaired) electrons. The molecule has 0 bridgehead atoms. The number of aliphatic imine (C=N–C) groups is 2. The van der Waals surface area contributed by atoms with Crippen molar-refractivity contribution in [1.29, 1.82) is 0 Å². The molecule has 1 aliphatic heterocycles. The van der Waals surface area contributed by atoms with E-state index in [4.69, 9.17) is 0 Å². The van der Waals surface area contributed by atoms with Crippen LogP contribution >= 0.6 is 0 Å². The van der Waals surface area contributed by atoms with Gasteiger partial charge in [-0.15, -0.1) is 0 Å². The van der Waals surface area contributed by atoms with Gasteiger partial charge < -0.3 is 5.32 Å². The Morgan fingerprint density at radius 1 is 1.43 bits per heavy atom. The number of isocyanates is 1. The van der Waals surface area contributed by atoms with E-state index in [2.05, 4.69) is 15.3 Å². The van der Waals surface area contributed by atoms with Crippen LogP contribution < -0.4 is 5.32 Å². The van der Waals surface area contributed by atoms with Gasteiger partial charge in [0.15, 0.2) is 0 Å². The fourth-order valence-corrected chi connectivity index (χ4v) is 1.40. The highest BCUT2D eigenvalue weighted by molar-refractivity contribution is 6.03. The lowest BCUT2D eigenvalue weighted by molar-refractivity contribution is 0.565. The normalized spacial score (nSPS) is 14.1. The van der Waals surface area contributed by atoms with Crippen LogP contribution in [-0.4, -0.2) is 25.0 Å². The van der Waals surface area contributed by atoms with Gasteiger partial charge in [0, 0.05) is 12.1 Å². The van der Waals surface area contributed by atoms with Gasteiger partial charge in [0.05, 0.1) is 12.2 Å². The Balaban J connectivity index is 2.45. The highest BCUT2D eigenvalue weighted by Gasteiger charge is 2.11. The van der Waals surface area contributed by atoms with Gasteiger partial charge in [-0.25, -0.2) is 4.79 Å². The van der Waals surface area contributed by atoms with E-state index in [1.54, 1.807) is 12.1 Å². The van der Waals surface area contributed by atoms with Gasteiger partial charge >= 0.3 is 0 Å². The summed E-state index contributed by atoms with van der Waals surface area (Å²) < 4.78 is 0. The number of hydrogen-bond donors (Lipinski definition) is 1. The summed E-state index contributed by atoms with van der Waals surface area (Å²) in [6.45, 7) is 1.61. The van der Waals surface area contributed by atoms with Crippen LogP contribution in [0.2, 0.25) is 0 Å². The first-order chi connectivity index (χ1) is 6.92. The molecule has 0 aromatic heterocycles. The molecule has 0 aliphatic carbocycles. The van der Waals surface area contributed by atoms with E-state index in [9.17, 15) is 4.79 Å². The van der Waals surface area contributed by atoms with Gasteiger partial charge in [0.2, 0.25) is 6.08 Å². The smallest absolute Gasteiger partial charge is 0.240 e. The van der Waals surface area contributed by atoms with E-state index in [0.717, 1.165) is 24.5 Å². The van der Waals surface area contributed by atoms with E-state index in [-0.39, 0.29) is 0 Å². The molecule has 1 aromatic carbocycles. The average molecular weight is 187 g/mol. The van der Waals surface area contributed by atoms with Crippen LogP contribution in [0.25, 0.3) is 0 Å². The summed E-state index contributed by atoms with van der Waals surface area (Å²) in [5, 5.41) is 3.13. The predicted molar refractivity (Wildman–Crippen MR) is 53.6 cm³/mol. The summed E-state index contributed by atoms with van der Waals surface area (Å²) in [7, 11) is 0. The molecule has 2 rings (SSSR count). The van der Waals surface area contributed by atoms with Crippen LogP contribution in [0.3, 0.4) is 0 Å². The minimum absolute atomic E-state index is 0.607. The third kappa shape index (κ3) is 1.56. The summed E-state index contributed by atoms with van der Waals surface area (Å²) >= 11 is 0. The Hall–Kier alpha value is -1.93. The van der Waals surface area contributed by atoms with Crippen LogP contribution in [-0.2, 0) is 4.79 Å². The zero-order valence-electron chi connectivity index (χ0n) is 7.53. The average Bonchev–Trinajstić information content (AvgIpc) is 2.72. The molecular weight excluding hydrogens is 178 g/mol. The van der Waals surface area contributed by atoms with E-state index in [0.29, 0.717) is 5.69 Å². The minimum atomic E-state index is 0.607. The summed E-state index contributed by atoms with van der Waals surface area (Å²) in [5.74, 6) is 0.805. The molecule has 14 heavy (non-hydrogen) atoms. The maximum atomic E-state index is 10.2. The first-order valence-corrected chi connectivity index (χ1v) is 4.37. The molecule has 1 aliphatic rings. The molecule has 0 spiro atoms. The molecule has 1 N–H and O–H groups in total. The molecule has 0 fully saturated rings. The molecular formula is C10H9N3O. The fourth-order valence-electron chi connectivity index (χ4n) is 1.40. The van der Waals surface area contributed by atoms with Crippen molar-refractivity contribution in [2.75, 3.05) is 13.1 Å². The first kappa shape index (κ1) is 8.66. The van der Waals surface area contributed by atoms with Gasteiger partial charge in [0.1, 0.15) is 5.84 Å².